The van der Waals surface area contributed by atoms with Crippen molar-refractivity contribution in [3.05, 3.63) is 114 Å². The zero-order chi connectivity index (χ0) is 21.0. The third-order valence-electron chi connectivity index (χ3n) is 5.53. The van der Waals surface area contributed by atoms with Crippen LogP contribution in [0.4, 0.5) is 0 Å². The summed E-state index contributed by atoms with van der Waals surface area (Å²) in [6, 6.07) is 20.3. The van der Waals surface area contributed by atoms with Crippen LogP contribution in [0.1, 0.15) is 34.7 Å². The topological polar surface area (TPSA) is 58.9 Å². The third kappa shape index (κ3) is 4.04. The maximum atomic E-state index is 5.79. The van der Waals surface area contributed by atoms with Gasteiger partial charge in [0.1, 0.15) is 0 Å². The highest BCUT2D eigenvalue weighted by Crippen LogP contribution is 2.39. The van der Waals surface area contributed by atoms with Crippen molar-refractivity contribution in [3.63, 3.8) is 0 Å². The Hall–Kier alpha value is -3.58. The predicted molar refractivity (Wildman–Crippen MR) is 123 cm³/mol. The van der Waals surface area contributed by atoms with Crippen LogP contribution in [0.25, 0.3) is 0 Å². The molecule has 0 unspecified atom stereocenters. The van der Waals surface area contributed by atoms with E-state index in [-0.39, 0.29) is 12.1 Å². The van der Waals surface area contributed by atoms with Gasteiger partial charge in [-0.1, -0.05) is 12.1 Å². The minimum Gasteiger partial charge on any atom is -0.352 e. The van der Waals surface area contributed by atoms with Crippen LogP contribution in [0.3, 0.4) is 0 Å². The molecule has 0 bridgehead atoms. The van der Waals surface area contributed by atoms with E-state index < -0.39 is 0 Å². The summed E-state index contributed by atoms with van der Waals surface area (Å²) in [5, 5.41) is 4.25. The molecule has 0 amide bonds. The molecule has 31 heavy (non-hydrogen) atoms. The quantitative estimate of drug-likeness (QED) is 0.472. The van der Waals surface area contributed by atoms with Gasteiger partial charge in [0.25, 0.3) is 0 Å². The van der Waals surface area contributed by atoms with Gasteiger partial charge in [-0.05, 0) is 66.3 Å². The zero-order valence-corrected chi connectivity index (χ0v) is 17.7. The Kier molecular flexibility index (Phi) is 5.41. The first-order chi connectivity index (χ1) is 15.3. The lowest BCUT2D eigenvalue weighted by atomic mass is 10.0. The second-order valence-electron chi connectivity index (χ2n) is 7.49. The molecule has 0 aliphatic carbocycles. The number of pyridine rings is 3. The van der Waals surface area contributed by atoms with Gasteiger partial charge in [-0.3, -0.25) is 15.0 Å². The lowest BCUT2D eigenvalue weighted by Gasteiger charge is -2.29. The van der Waals surface area contributed by atoms with E-state index in [1.54, 1.807) is 0 Å². The molecule has 2 atom stereocenters. The summed E-state index contributed by atoms with van der Waals surface area (Å²) in [5.41, 5.74) is 4.32. The normalized spacial score (nSPS) is 18.2. The van der Waals surface area contributed by atoms with Gasteiger partial charge in [0.15, 0.2) is 5.11 Å². The summed E-state index contributed by atoms with van der Waals surface area (Å²) in [6.07, 6.45) is 9.39. The third-order valence-corrected chi connectivity index (χ3v) is 5.88. The van der Waals surface area contributed by atoms with E-state index in [9.17, 15) is 0 Å². The molecule has 7 heteroatoms. The molecule has 5 heterocycles. The van der Waals surface area contributed by atoms with Gasteiger partial charge < -0.3 is 14.8 Å². The number of thiocarbonyl (C=S) groups is 1. The lowest BCUT2D eigenvalue weighted by Crippen LogP contribution is -2.30. The molecule has 1 aliphatic rings. The molecule has 4 aromatic rings. The Labute approximate surface area is 186 Å². The molecule has 0 spiro atoms. The Morgan fingerprint density at radius 1 is 0.839 bits per heavy atom. The maximum absolute atomic E-state index is 5.79. The smallest absolute Gasteiger partial charge is 0.170 e. The maximum Gasteiger partial charge on any atom is 0.170 e. The average Bonchev–Trinajstić information content (AvgIpc) is 3.40. The van der Waals surface area contributed by atoms with E-state index in [2.05, 4.69) is 54.1 Å². The van der Waals surface area contributed by atoms with Gasteiger partial charge in [0, 0.05) is 43.2 Å². The molecule has 154 valence electrons. The van der Waals surface area contributed by atoms with E-state index in [0.717, 1.165) is 22.1 Å². The van der Waals surface area contributed by atoms with Gasteiger partial charge >= 0.3 is 0 Å². The van der Waals surface area contributed by atoms with Gasteiger partial charge in [0.2, 0.25) is 0 Å². The van der Waals surface area contributed by atoms with Gasteiger partial charge in [-0.2, -0.15) is 0 Å². The van der Waals surface area contributed by atoms with Crippen LogP contribution >= 0.6 is 12.2 Å². The molecule has 6 nitrogen and oxygen atoms in total. The van der Waals surface area contributed by atoms with Crippen LogP contribution in [0.5, 0.6) is 0 Å². The SMILES string of the molecule is S=C1N[C@H](c2ccccn2)[C@@H](c2cccn2Cc2ccccn2)N1Cc1ccncc1. The van der Waals surface area contributed by atoms with E-state index >= 15 is 0 Å². The fourth-order valence-corrected chi connectivity index (χ4v) is 4.39. The van der Waals surface area contributed by atoms with Crippen molar-refractivity contribution in [3.8, 4) is 0 Å². The molecule has 0 aromatic carbocycles. The first-order valence-electron chi connectivity index (χ1n) is 10.2. The minimum atomic E-state index is -0.0482. The van der Waals surface area contributed by atoms with Crippen LogP contribution in [0, 0.1) is 0 Å². The summed E-state index contributed by atoms with van der Waals surface area (Å²) in [5.74, 6) is 0. The second-order valence-corrected chi connectivity index (χ2v) is 7.88. The molecule has 4 aromatic heterocycles. The van der Waals surface area contributed by atoms with Crippen molar-refractivity contribution in [2.24, 2.45) is 0 Å². The number of rotatable bonds is 6. The standard InChI is InChI=1S/C24H22N6S/c31-24-28-22(20-7-2-4-12-27-20)23(30(24)16-18-9-13-25-14-10-18)21-8-5-15-29(21)17-19-6-1-3-11-26-19/h1-15,22-23H,16-17H2,(H,28,31)/t22-,23-/m1/s1. The average molecular weight is 427 g/mol. The summed E-state index contributed by atoms with van der Waals surface area (Å²) in [6.45, 7) is 1.39. The molecule has 0 saturated carbocycles. The van der Waals surface area contributed by atoms with Crippen LogP contribution < -0.4 is 5.32 Å². The van der Waals surface area contributed by atoms with E-state index in [0.29, 0.717) is 13.1 Å². The molecule has 0 radical (unpaired) electrons. The minimum absolute atomic E-state index is 0.00530. The van der Waals surface area contributed by atoms with Gasteiger partial charge in [-0.25, -0.2) is 0 Å². The molecule has 1 N–H and O–H groups in total. The Morgan fingerprint density at radius 3 is 2.39 bits per heavy atom. The predicted octanol–water partition coefficient (Wildman–Crippen LogP) is 3.89. The zero-order valence-electron chi connectivity index (χ0n) is 16.9. The van der Waals surface area contributed by atoms with Crippen LogP contribution in [-0.2, 0) is 13.1 Å². The van der Waals surface area contributed by atoms with E-state index in [1.165, 1.54) is 5.69 Å². The van der Waals surface area contributed by atoms with Crippen molar-refractivity contribution >= 4 is 17.3 Å². The van der Waals surface area contributed by atoms with Gasteiger partial charge in [0.05, 0.1) is 30.0 Å². The first-order valence-corrected chi connectivity index (χ1v) is 10.6. The number of hydrogen-bond acceptors (Lipinski definition) is 4. The lowest BCUT2D eigenvalue weighted by molar-refractivity contribution is 0.298. The Balaban J connectivity index is 1.54. The molecular weight excluding hydrogens is 404 g/mol. The van der Waals surface area contributed by atoms with Gasteiger partial charge in [-0.15, -0.1) is 0 Å². The molecule has 1 aliphatic heterocycles. The molecular formula is C24H22N6S. The molecule has 1 saturated heterocycles. The second kappa shape index (κ2) is 8.65. The summed E-state index contributed by atoms with van der Waals surface area (Å²) >= 11 is 5.79. The fourth-order valence-electron chi connectivity index (χ4n) is 4.09. The highest BCUT2D eigenvalue weighted by molar-refractivity contribution is 7.80. The Bertz CT molecular complexity index is 1150. The number of nitrogens with one attached hydrogen (secondary N) is 1. The van der Waals surface area contributed by atoms with Crippen molar-refractivity contribution in [2.45, 2.75) is 25.2 Å². The van der Waals surface area contributed by atoms with Crippen molar-refractivity contribution in [1.29, 1.82) is 0 Å². The highest BCUT2D eigenvalue weighted by atomic mass is 32.1. The summed E-state index contributed by atoms with van der Waals surface area (Å²) in [4.78, 5) is 15.5. The number of nitrogens with zero attached hydrogens (tertiary/aromatic N) is 5. The van der Waals surface area contributed by atoms with E-state index in [1.807, 2.05) is 67.3 Å². The van der Waals surface area contributed by atoms with Crippen molar-refractivity contribution in [1.82, 2.24) is 29.7 Å². The Morgan fingerprint density at radius 2 is 1.65 bits per heavy atom. The van der Waals surface area contributed by atoms with Crippen LogP contribution in [0.2, 0.25) is 0 Å². The first kappa shape index (κ1) is 19.4. The fraction of sp³-hybridized carbons (Fsp3) is 0.167. The molecule has 5 rings (SSSR count). The number of aromatic nitrogens is 4. The van der Waals surface area contributed by atoms with Crippen molar-refractivity contribution < 1.29 is 0 Å². The highest BCUT2D eigenvalue weighted by Gasteiger charge is 2.41. The summed E-state index contributed by atoms with van der Waals surface area (Å²) in [7, 11) is 0. The summed E-state index contributed by atoms with van der Waals surface area (Å²) < 4.78 is 2.25. The van der Waals surface area contributed by atoms with E-state index in [4.69, 9.17) is 12.2 Å². The molecule has 1 fully saturated rings. The van der Waals surface area contributed by atoms with Crippen molar-refractivity contribution in [2.75, 3.05) is 0 Å². The monoisotopic (exact) mass is 426 g/mol. The van der Waals surface area contributed by atoms with Crippen LogP contribution in [-0.4, -0.2) is 29.5 Å². The largest absolute Gasteiger partial charge is 0.352 e. The van der Waals surface area contributed by atoms with Crippen LogP contribution in [0.15, 0.2) is 91.6 Å². The number of hydrogen-bond donors (Lipinski definition) is 1.